The third kappa shape index (κ3) is 4.46. The van der Waals surface area contributed by atoms with E-state index in [1.54, 1.807) is 0 Å². The Hall–Kier alpha value is -2.43. The van der Waals surface area contributed by atoms with Crippen molar-refractivity contribution in [2.75, 3.05) is 0 Å². The van der Waals surface area contributed by atoms with Crippen LogP contribution in [-0.2, 0) is 21.4 Å². The summed E-state index contributed by atoms with van der Waals surface area (Å²) in [5.41, 5.74) is 4.73. The Morgan fingerprint density at radius 3 is 2.52 bits per heavy atom. The Morgan fingerprint density at radius 2 is 1.89 bits per heavy atom. The Labute approximate surface area is 161 Å². The maximum Gasteiger partial charge on any atom is 0.220 e. The number of aromatic nitrogens is 2. The summed E-state index contributed by atoms with van der Waals surface area (Å²) in [6.07, 6.45) is 5.30. The molecule has 27 heavy (non-hydrogen) atoms. The number of Topliss-reactive ketones (excluding diaryl/α,β-unsaturated/α-hetero) is 1. The number of benzene rings is 1. The van der Waals surface area contributed by atoms with Gasteiger partial charge in [0, 0.05) is 24.1 Å². The van der Waals surface area contributed by atoms with Gasteiger partial charge >= 0.3 is 0 Å². The molecule has 5 heteroatoms. The smallest absolute Gasteiger partial charge is 0.220 e. The van der Waals surface area contributed by atoms with Crippen LogP contribution in [0, 0.1) is 0 Å². The second-order valence-electron chi connectivity index (χ2n) is 8.47. The summed E-state index contributed by atoms with van der Waals surface area (Å²) in [5.74, 6) is -0.0219. The number of nitrogens with zero attached hydrogens (tertiary/aromatic N) is 2. The van der Waals surface area contributed by atoms with Crippen LogP contribution in [0.15, 0.2) is 30.5 Å². The van der Waals surface area contributed by atoms with Crippen LogP contribution in [-0.4, -0.2) is 21.5 Å². The number of fused-ring (bicyclic) bond motifs is 1. The minimum Gasteiger partial charge on any atom is -0.349 e. The van der Waals surface area contributed by atoms with Gasteiger partial charge in [-0.1, -0.05) is 32.9 Å². The number of hydrogen-bond acceptors (Lipinski definition) is 3. The van der Waals surface area contributed by atoms with Crippen molar-refractivity contribution in [3.05, 3.63) is 47.3 Å². The third-order valence-corrected chi connectivity index (χ3v) is 5.20. The topological polar surface area (TPSA) is 64.0 Å². The van der Waals surface area contributed by atoms with Gasteiger partial charge < -0.3 is 10.1 Å². The average molecular weight is 367 g/mol. The van der Waals surface area contributed by atoms with E-state index in [9.17, 15) is 9.59 Å². The van der Waals surface area contributed by atoms with E-state index in [1.807, 2.05) is 10.9 Å². The molecule has 1 aromatic carbocycles. The largest absolute Gasteiger partial charge is 0.349 e. The molecule has 0 unspecified atom stereocenters. The lowest BCUT2D eigenvalue weighted by molar-refractivity contribution is -0.125. The van der Waals surface area contributed by atoms with Crippen LogP contribution >= 0.6 is 0 Å². The van der Waals surface area contributed by atoms with E-state index >= 15 is 0 Å². The molecule has 3 rings (SSSR count). The SMILES string of the molecule is CC(=O)CCC(=O)N[C@@H]1CCCc2c1cnn2-c1ccc(C(C)(C)C)cc1. The number of hydrogen-bond donors (Lipinski definition) is 1. The summed E-state index contributed by atoms with van der Waals surface area (Å²) < 4.78 is 2.00. The van der Waals surface area contributed by atoms with E-state index in [4.69, 9.17) is 0 Å². The zero-order valence-corrected chi connectivity index (χ0v) is 16.7. The van der Waals surface area contributed by atoms with Crippen LogP contribution in [0.5, 0.6) is 0 Å². The van der Waals surface area contributed by atoms with E-state index in [-0.39, 0.29) is 29.6 Å². The molecular weight excluding hydrogens is 338 g/mol. The molecule has 0 aliphatic heterocycles. The van der Waals surface area contributed by atoms with Gasteiger partial charge in [-0.3, -0.25) is 4.79 Å². The monoisotopic (exact) mass is 367 g/mol. The van der Waals surface area contributed by atoms with Gasteiger partial charge in [-0.05, 0) is 49.3 Å². The highest BCUT2D eigenvalue weighted by molar-refractivity contribution is 5.83. The molecule has 1 atom stereocenters. The Morgan fingerprint density at radius 1 is 1.19 bits per heavy atom. The van der Waals surface area contributed by atoms with E-state index in [0.29, 0.717) is 6.42 Å². The van der Waals surface area contributed by atoms with Crippen LogP contribution in [0.2, 0.25) is 0 Å². The lowest BCUT2D eigenvalue weighted by Crippen LogP contribution is -2.31. The molecule has 0 radical (unpaired) electrons. The number of nitrogens with one attached hydrogen (secondary N) is 1. The van der Waals surface area contributed by atoms with Gasteiger partial charge in [-0.15, -0.1) is 0 Å². The van der Waals surface area contributed by atoms with Crippen molar-refractivity contribution >= 4 is 11.7 Å². The molecule has 0 saturated carbocycles. The van der Waals surface area contributed by atoms with Crippen molar-refractivity contribution in [1.29, 1.82) is 0 Å². The Kier molecular flexibility index (Phi) is 5.49. The summed E-state index contributed by atoms with van der Waals surface area (Å²) in [6.45, 7) is 8.13. The van der Waals surface area contributed by atoms with Gasteiger partial charge in [0.15, 0.2) is 0 Å². The standard InChI is InChI=1S/C22H29N3O2/c1-15(26)8-13-21(27)24-19-6-5-7-20-18(19)14-23-25(20)17-11-9-16(10-12-17)22(2,3)4/h9-12,14,19H,5-8,13H2,1-4H3,(H,24,27)/t19-/m1/s1. The number of rotatable bonds is 5. The van der Waals surface area contributed by atoms with Crippen molar-refractivity contribution in [2.24, 2.45) is 0 Å². The maximum atomic E-state index is 12.1. The molecule has 144 valence electrons. The zero-order chi connectivity index (χ0) is 19.6. The van der Waals surface area contributed by atoms with Gasteiger partial charge in [-0.2, -0.15) is 5.10 Å². The number of ketones is 1. The molecule has 1 heterocycles. The van der Waals surface area contributed by atoms with Gasteiger partial charge in [0.1, 0.15) is 5.78 Å². The first kappa shape index (κ1) is 19.3. The first-order chi connectivity index (χ1) is 12.8. The van der Waals surface area contributed by atoms with E-state index in [1.165, 1.54) is 18.2 Å². The van der Waals surface area contributed by atoms with E-state index in [2.05, 4.69) is 55.5 Å². The van der Waals surface area contributed by atoms with E-state index < -0.39 is 0 Å². The normalized spacial score (nSPS) is 16.7. The van der Waals surface area contributed by atoms with Crippen molar-refractivity contribution in [1.82, 2.24) is 15.1 Å². The second kappa shape index (κ2) is 7.67. The highest BCUT2D eigenvalue weighted by Gasteiger charge is 2.26. The lowest BCUT2D eigenvalue weighted by Gasteiger charge is -2.24. The molecule has 2 aromatic rings. The molecule has 0 saturated heterocycles. The summed E-state index contributed by atoms with van der Waals surface area (Å²) in [6, 6.07) is 8.53. The Bertz CT molecular complexity index is 828. The molecule has 1 aliphatic carbocycles. The van der Waals surface area contributed by atoms with E-state index in [0.717, 1.165) is 30.5 Å². The van der Waals surface area contributed by atoms with Crippen molar-refractivity contribution in [3.8, 4) is 5.69 Å². The molecule has 0 bridgehead atoms. The summed E-state index contributed by atoms with van der Waals surface area (Å²) in [7, 11) is 0. The first-order valence-corrected chi connectivity index (χ1v) is 9.72. The molecule has 1 aromatic heterocycles. The number of carbonyl (C=O) groups is 2. The number of carbonyl (C=O) groups excluding carboxylic acids is 2. The summed E-state index contributed by atoms with van der Waals surface area (Å²) in [5, 5.41) is 7.68. The van der Waals surface area contributed by atoms with Gasteiger partial charge in [0.25, 0.3) is 0 Å². The maximum absolute atomic E-state index is 12.1. The Balaban J connectivity index is 1.79. The average Bonchev–Trinajstić information content (AvgIpc) is 3.04. The zero-order valence-electron chi connectivity index (χ0n) is 16.7. The fraction of sp³-hybridized carbons (Fsp3) is 0.500. The highest BCUT2D eigenvalue weighted by Crippen LogP contribution is 2.31. The highest BCUT2D eigenvalue weighted by atomic mass is 16.2. The number of amides is 1. The van der Waals surface area contributed by atoms with Crippen LogP contribution in [0.4, 0.5) is 0 Å². The van der Waals surface area contributed by atoms with Gasteiger partial charge in [-0.25, -0.2) is 4.68 Å². The first-order valence-electron chi connectivity index (χ1n) is 9.72. The second-order valence-corrected chi connectivity index (χ2v) is 8.47. The molecular formula is C22H29N3O2. The lowest BCUT2D eigenvalue weighted by atomic mass is 9.87. The summed E-state index contributed by atoms with van der Waals surface area (Å²) in [4.78, 5) is 23.2. The predicted molar refractivity (Wildman–Crippen MR) is 106 cm³/mol. The molecule has 0 fully saturated rings. The van der Waals surface area contributed by atoms with Crippen LogP contribution in [0.1, 0.15) is 76.2 Å². The third-order valence-electron chi connectivity index (χ3n) is 5.20. The molecule has 1 N–H and O–H groups in total. The summed E-state index contributed by atoms with van der Waals surface area (Å²) >= 11 is 0. The van der Waals surface area contributed by atoms with Gasteiger partial charge in [0.05, 0.1) is 17.9 Å². The molecule has 1 aliphatic rings. The van der Waals surface area contributed by atoms with Gasteiger partial charge in [0.2, 0.25) is 5.91 Å². The fourth-order valence-corrected chi connectivity index (χ4v) is 3.59. The van der Waals surface area contributed by atoms with Crippen molar-refractivity contribution in [2.45, 2.75) is 71.3 Å². The van der Waals surface area contributed by atoms with Crippen molar-refractivity contribution < 1.29 is 9.59 Å². The molecule has 5 nitrogen and oxygen atoms in total. The van der Waals surface area contributed by atoms with Crippen molar-refractivity contribution in [3.63, 3.8) is 0 Å². The molecule has 1 amide bonds. The fourth-order valence-electron chi connectivity index (χ4n) is 3.59. The van der Waals surface area contributed by atoms with Crippen LogP contribution in [0.3, 0.4) is 0 Å². The minimum absolute atomic E-state index is 0.0178. The van der Waals surface area contributed by atoms with Crippen LogP contribution < -0.4 is 5.32 Å². The molecule has 0 spiro atoms. The van der Waals surface area contributed by atoms with Crippen LogP contribution in [0.25, 0.3) is 5.69 Å². The predicted octanol–water partition coefficient (Wildman–Crippen LogP) is 4.03. The minimum atomic E-state index is -0.0645. The quantitative estimate of drug-likeness (QED) is 0.868.